The molecule has 0 N–H and O–H groups in total. The minimum atomic E-state index is 0.0242. The van der Waals surface area contributed by atoms with Crippen molar-refractivity contribution < 1.29 is 18.8 Å². The highest BCUT2D eigenvalue weighted by Crippen LogP contribution is 2.27. The molecule has 0 radical (unpaired) electrons. The van der Waals surface area contributed by atoms with E-state index >= 15 is 0 Å². The Morgan fingerprint density at radius 2 is 2.17 bits per heavy atom. The van der Waals surface area contributed by atoms with Gasteiger partial charge in [-0.3, -0.25) is 4.79 Å². The minimum absolute atomic E-state index is 0.0242. The summed E-state index contributed by atoms with van der Waals surface area (Å²) in [7, 11) is 1.63. The monoisotopic (exact) mass is 331 g/mol. The van der Waals surface area contributed by atoms with E-state index in [2.05, 4.69) is 10.1 Å². The molecule has 1 aromatic carbocycles. The van der Waals surface area contributed by atoms with Crippen LogP contribution >= 0.6 is 0 Å². The number of nitrogens with zero attached hydrogens (tertiary/aromatic N) is 3. The number of rotatable bonds is 6. The SMILES string of the molecule is COCCOc1cccc(C(=O)N2CCC(c3ncno3)CC2)c1. The van der Waals surface area contributed by atoms with Crippen molar-refractivity contribution in [1.82, 2.24) is 15.0 Å². The molecule has 2 heterocycles. The summed E-state index contributed by atoms with van der Waals surface area (Å²) in [4.78, 5) is 18.6. The molecule has 0 aliphatic carbocycles. The summed E-state index contributed by atoms with van der Waals surface area (Å²) in [6.07, 6.45) is 3.08. The first-order valence-corrected chi connectivity index (χ1v) is 8.05. The normalized spacial score (nSPS) is 15.5. The molecular weight excluding hydrogens is 310 g/mol. The average molecular weight is 331 g/mol. The lowest BCUT2D eigenvalue weighted by Crippen LogP contribution is -2.38. The molecule has 7 heteroatoms. The summed E-state index contributed by atoms with van der Waals surface area (Å²) >= 11 is 0. The maximum absolute atomic E-state index is 12.7. The van der Waals surface area contributed by atoms with E-state index in [1.165, 1.54) is 6.33 Å². The van der Waals surface area contributed by atoms with Crippen LogP contribution in [0.1, 0.15) is 35.0 Å². The number of amides is 1. The molecular formula is C17H21N3O4. The second-order valence-electron chi connectivity index (χ2n) is 5.72. The van der Waals surface area contributed by atoms with Gasteiger partial charge in [0.15, 0.2) is 6.33 Å². The predicted molar refractivity (Wildman–Crippen MR) is 86.0 cm³/mol. The third-order valence-corrected chi connectivity index (χ3v) is 4.15. The molecule has 0 bridgehead atoms. The van der Waals surface area contributed by atoms with Crippen LogP contribution in [-0.2, 0) is 4.74 Å². The van der Waals surface area contributed by atoms with Crippen molar-refractivity contribution in [3.05, 3.63) is 42.0 Å². The molecule has 0 saturated carbocycles. The smallest absolute Gasteiger partial charge is 0.253 e. The van der Waals surface area contributed by atoms with Gasteiger partial charge in [-0.15, -0.1) is 0 Å². The highest BCUT2D eigenvalue weighted by atomic mass is 16.5. The van der Waals surface area contributed by atoms with Gasteiger partial charge in [-0.25, -0.2) is 0 Å². The molecule has 1 aliphatic rings. The average Bonchev–Trinajstić information content (AvgIpc) is 3.16. The number of aromatic nitrogens is 2. The summed E-state index contributed by atoms with van der Waals surface area (Å²) < 4.78 is 15.7. The number of ether oxygens (including phenoxy) is 2. The van der Waals surface area contributed by atoms with Gasteiger partial charge < -0.3 is 18.9 Å². The summed E-state index contributed by atoms with van der Waals surface area (Å²) in [6.45, 7) is 2.34. The molecule has 1 amide bonds. The Hall–Kier alpha value is -2.41. The van der Waals surface area contributed by atoms with Crippen LogP contribution < -0.4 is 4.74 Å². The third kappa shape index (κ3) is 3.91. The van der Waals surface area contributed by atoms with Gasteiger partial charge in [0.25, 0.3) is 5.91 Å². The number of hydrogen-bond donors (Lipinski definition) is 0. The van der Waals surface area contributed by atoms with Crippen molar-refractivity contribution in [2.24, 2.45) is 0 Å². The Morgan fingerprint density at radius 1 is 1.33 bits per heavy atom. The van der Waals surface area contributed by atoms with Crippen LogP contribution in [0.4, 0.5) is 0 Å². The van der Waals surface area contributed by atoms with Gasteiger partial charge in [-0.05, 0) is 31.0 Å². The highest BCUT2D eigenvalue weighted by Gasteiger charge is 2.27. The molecule has 1 aliphatic heterocycles. The maximum atomic E-state index is 12.7. The van der Waals surface area contributed by atoms with Crippen LogP contribution in [-0.4, -0.2) is 54.4 Å². The van der Waals surface area contributed by atoms with Crippen LogP contribution in [0, 0.1) is 0 Å². The number of hydrogen-bond acceptors (Lipinski definition) is 6. The van der Waals surface area contributed by atoms with Crippen molar-refractivity contribution in [3.8, 4) is 5.75 Å². The lowest BCUT2D eigenvalue weighted by molar-refractivity contribution is 0.0704. The minimum Gasteiger partial charge on any atom is -0.491 e. The number of piperidine rings is 1. The summed E-state index contributed by atoms with van der Waals surface area (Å²) in [6, 6.07) is 7.27. The van der Waals surface area contributed by atoms with E-state index in [9.17, 15) is 4.79 Å². The lowest BCUT2D eigenvalue weighted by Gasteiger charge is -2.30. The fourth-order valence-corrected chi connectivity index (χ4v) is 2.84. The lowest BCUT2D eigenvalue weighted by atomic mass is 9.96. The first-order chi connectivity index (χ1) is 11.8. The number of likely N-dealkylation sites (tertiary alicyclic amines) is 1. The number of carbonyl (C=O) groups excluding carboxylic acids is 1. The molecule has 24 heavy (non-hydrogen) atoms. The summed E-state index contributed by atoms with van der Waals surface area (Å²) in [5.41, 5.74) is 0.640. The van der Waals surface area contributed by atoms with E-state index in [4.69, 9.17) is 14.0 Å². The second-order valence-corrected chi connectivity index (χ2v) is 5.72. The van der Waals surface area contributed by atoms with Crippen LogP contribution in [0.15, 0.2) is 35.1 Å². The number of benzene rings is 1. The number of carbonyl (C=O) groups is 1. The van der Waals surface area contributed by atoms with Gasteiger partial charge >= 0.3 is 0 Å². The zero-order valence-electron chi connectivity index (χ0n) is 13.7. The van der Waals surface area contributed by atoms with Crippen molar-refractivity contribution in [2.45, 2.75) is 18.8 Å². The van der Waals surface area contributed by atoms with Crippen LogP contribution in [0.2, 0.25) is 0 Å². The number of methoxy groups -OCH3 is 1. The Bertz CT molecular complexity index is 652. The van der Waals surface area contributed by atoms with Crippen LogP contribution in [0.5, 0.6) is 5.75 Å². The molecule has 0 unspecified atom stereocenters. The van der Waals surface area contributed by atoms with E-state index in [0.717, 1.165) is 12.8 Å². The second kappa shape index (κ2) is 7.92. The Morgan fingerprint density at radius 3 is 2.88 bits per heavy atom. The van der Waals surface area contributed by atoms with E-state index in [0.29, 0.717) is 43.5 Å². The summed E-state index contributed by atoms with van der Waals surface area (Å²) in [5, 5.41) is 3.65. The molecule has 7 nitrogen and oxygen atoms in total. The first-order valence-electron chi connectivity index (χ1n) is 8.05. The van der Waals surface area contributed by atoms with Gasteiger partial charge in [0.05, 0.1) is 6.61 Å². The largest absolute Gasteiger partial charge is 0.491 e. The van der Waals surface area contributed by atoms with Gasteiger partial charge in [-0.2, -0.15) is 4.98 Å². The van der Waals surface area contributed by atoms with Crippen molar-refractivity contribution in [3.63, 3.8) is 0 Å². The van der Waals surface area contributed by atoms with E-state index in [1.54, 1.807) is 13.2 Å². The van der Waals surface area contributed by atoms with E-state index in [-0.39, 0.29) is 11.8 Å². The fourth-order valence-electron chi connectivity index (χ4n) is 2.84. The van der Waals surface area contributed by atoms with Gasteiger partial charge in [0.1, 0.15) is 12.4 Å². The maximum Gasteiger partial charge on any atom is 0.253 e. The fraction of sp³-hybridized carbons (Fsp3) is 0.471. The first kappa shape index (κ1) is 16.4. The van der Waals surface area contributed by atoms with E-state index in [1.807, 2.05) is 23.1 Å². The Labute approximate surface area is 140 Å². The van der Waals surface area contributed by atoms with Gasteiger partial charge in [-0.1, -0.05) is 11.2 Å². The quantitative estimate of drug-likeness (QED) is 0.755. The van der Waals surface area contributed by atoms with Crippen LogP contribution in [0.3, 0.4) is 0 Å². The molecule has 3 rings (SSSR count). The van der Waals surface area contributed by atoms with E-state index < -0.39 is 0 Å². The zero-order chi connectivity index (χ0) is 16.8. The van der Waals surface area contributed by atoms with Crippen molar-refractivity contribution in [1.29, 1.82) is 0 Å². The summed E-state index contributed by atoms with van der Waals surface area (Å²) in [5.74, 6) is 1.60. The van der Waals surface area contributed by atoms with Crippen LogP contribution in [0.25, 0.3) is 0 Å². The van der Waals surface area contributed by atoms with Crippen molar-refractivity contribution in [2.75, 3.05) is 33.4 Å². The predicted octanol–water partition coefficient (Wildman–Crippen LogP) is 2.11. The molecule has 0 spiro atoms. The Balaban J connectivity index is 1.58. The van der Waals surface area contributed by atoms with Gasteiger partial charge in [0.2, 0.25) is 5.89 Å². The van der Waals surface area contributed by atoms with Gasteiger partial charge in [0, 0.05) is 31.7 Å². The standard InChI is InChI=1S/C17H21N3O4/c1-22-9-10-23-15-4-2-3-14(11-15)17(21)20-7-5-13(6-8-20)16-18-12-19-24-16/h2-4,11-13H,5-10H2,1H3. The molecule has 1 fully saturated rings. The topological polar surface area (TPSA) is 77.7 Å². The molecule has 0 atom stereocenters. The third-order valence-electron chi connectivity index (χ3n) is 4.15. The Kier molecular flexibility index (Phi) is 5.43. The van der Waals surface area contributed by atoms with Crippen molar-refractivity contribution >= 4 is 5.91 Å². The zero-order valence-corrected chi connectivity index (χ0v) is 13.7. The molecule has 1 aromatic heterocycles. The molecule has 128 valence electrons. The molecule has 1 saturated heterocycles. The highest BCUT2D eigenvalue weighted by molar-refractivity contribution is 5.94. The molecule has 2 aromatic rings.